The second kappa shape index (κ2) is 6.22. The zero-order valence-electron chi connectivity index (χ0n) is 14.2. The Balaban J connectivity index is 1.97. The van der Waals surface area contributed by atoms with Gasteiger partial charge in [-0.1, -0.05) is 19.8 Å². The van der Waals surface area contributed by atoms with E-state index in [1.54, 1.807) is 7.05 Å². The number of fused-ring (bicyclic) bond motifs is 1. The van der Waals surface area contributed by atoms with Crippen LogP contribution in [0.5, 0.6) is 0 Å². The molecule has 1 N–H and O–H groups in total. The van der Waals surface area contributed by atoms with Crippen LogP contribution in [0.2, 0.25) is 0 Å². The van der Waals surface area contributed by atoms with Crippen LogP contribution in [0, 0.1) is 5.92 Å². The van der Waals surface area contributed by atoms with E-state index in [4.69, 9.17) is 0 Å². The maximum absolute atomic E-state index is 12.5. The van der Waals surface area contributed by atoms with E-state index < -0.39 is 11.2 Å². The van der Waals surface area contributed by atoms with Gasteiger partial charge < -0.3 is 5.32 Å². The highest BCUT2D eigenvalue weighted by atomic mass is 16.2. The van der Waals surface area contributed by atoms with Gasteiger partial charge >= 0.3 is 5.69 Å². The van der Waals surface area contributed by atoms with E-state index in [2.05, 4.69) is 17.2 Å². The molecule has 0 spiro atoms. The maximum Gasteiger partial charge on any atom is 0.332 e. The Bertz CT molecular complexity index is 912. The zero-order valence-corrected chi connectivity index (χ0v) is 14.2. The lowest BCUT2D eigenvalue weighted by atomic mass is 9.86. The molecular formula is C17H22N4O3. The minimum absolute atomic E-state index is 0.157. The summed E-state index contributed by atoms with van der Waals surface area (Å²) in [5.74, 6) is 0.226. The third kappa shape index (κ3) is 2.74. The molecule has 0 radical (unpaired) electrons. The van der Waals surface area contributed by atoms with Crippen molar-refractivity contribution in [3.8, 4) is 0 Å². The van der Waals surface area contributed by atoms with Crippen LogP contribution < -0.4 is 16.6 Å². The molecule has 7 nitrogen and oxygen atoms in total. The van der Waals surface area contributed by atoms with Crippen molar-refractivity contribution >= 4 is 16.9 Å². The molecule has 1 fully saturated rings. The molecular weight excluding hydrogens is 308 g/mol. The quantitative estimate of drug-likeness (QED) is 0.888. The van der Waals surface area contributed by atoms with Crippen LogP contribution in [0.4, 0.5) is 0 Å². The monoisotopic (exact) mass is 330 g/mol. The van der Waals surface area contributed by atoms with Gasteiger partial charge in [0, 0.05) is 26.3 Å². The summed E-state index contributed by atoms with van der Waals surface area (Å²) in [7, 11) is 2.97. The fourth-order valence-electron chi connectivity index (χ4n) is 3.37. The first-order chi connectivity index (χ1) is 11.4. The van der Waals surface area contributed by atoms with Crippen LogP contribution in [0.15, 0.2) is 21.9 Å². The third-order valence-corrected chi connectivity index (χ3v) is 4.98. The number of aryl methyl sites for hydroxylation is 1. The number of carbonyl (C=O) groups excluding carboxylic acids is 1. The van der Waals surface area contributed by atoms with Crippen LogP contribution in [0.1, 0.15) is 43.0 Å². The minimum Gasteiger partial charge on any atom is -0.349 e. The van der Waals surface area contributed by atoms with Crippen molar-refractivity contribution in [3.63, 3.8) is 0 Å². The molecule has 24 heavy (non-hydrogen) atoms. The highest BCUT2D eigenvalue weighted by Gasteiger charge is 2.23. The highest BCUT2D eigenvalue weighted by molar-refractivity contribution is 5.96. The van der Waals surface area contributed by atoms with Crippen molar-refractivity contribution in [2.24, 2.45) is 20.0 Å². The molecule has 1 aliphatic rings. The largest absolute Gasteiger partial charge is 0.349 e. The average molecular weight is 330 g/mol. The summed E-state index contributed by atoms with van der Waals surface area (Å²) < 4.78 is 2.33. The third-order valence-electron chi connectivity index (χ3n) is 4.98. The molecule has 0 saturated heterocycles. The lowest BCUT2D eigenvalue weighted by molar-refractivity contribution is 0.0910. The molecule has 2 unspecified atom stereocenters. The van der Waals surface area contributed by atoms with E-state index in [-0.39, 0.29) is 23.0 Å². The molecule has 1 aliphatic carbocycles. The van der Waals surface area contributed by atoms with Crippen LogP contribution in [-0.4, -0.2) is 26.1 Å². The average Bonchev–Trinajstić information content (AvgIpc) is 2.59. The minimum atomic E-state index is -0.443. The van der Waals surface area contributed by atoms with E-state index in [0.717, 1.165) is 23.8 Å². The van der Waals surface area contributed by atoms with E-state index in [1.807, 2.05) is 0 Å². The van der Waals surface area contributed by atoms with Crippen LogP contribution in [-0.2, 0) is 14.1 Å². The van der Waals surface area contributed by atoms with Gasteiger partial charge in [0.25, 0.3) is 11.5 Å². The Morgan fingerprint density at radius 3 is 2.62 bits per heavy atom. The molecule has 2 atom stereocenters. The van der Waals surface area contributed by atoms with Crippen LogP contribution in [0.3, 0.4) is 0 Å². The van der Waals surface area contributed by atoms with Crippen molar-refractivity contribution in [2.45, 2.75) is 38.6 Å². The summed E-state index contributed by atoms with van der Waals surface area (Å²) in [5, 5.41) is 3.32. The lowest BCUT2D eigenvalue weighted by Crippen LogP contribution is -2.41. The fourth-order valence-corrected chi connectivity index (χ4v) is 3.37. The molecule has 2 heterocycles. The summed E-state index contributed by atoms with van der Waals surface area (Å²) in [4.78, 5) is 40.9. The van der Waals surface area contributed by atoms with Crippen molar-refractivity contribution in [1.82, 2.24) is 19.4 Å². The molecule has 128 valence electrons. The van der Waals surface area contributed by atoms with Crippen molar-refractivity contribution < 1.29 is 4.79 Å². The van der Waals surface area contributed by atoms with Gasteiger partial charge in [0.2, 0.25) is 0 Å². The molecule has 1 amide bonds. The molecule has 2 aromatic heterocycles. The summed E-state index contributed by atoms with van der Waals surface area (Å²) >= 11 is 0. The van der Waals surface area contributed by atoms with Gasteiger partial charge in [-0.05, 0) is 24.8 Å². The molecule has 7 heteroatoms. The Kier molecular flexibility index (Phi) is 4.26. The topological polar surface area (TPSA) is 86.0 Å². The number of amides is 1. The standard InChI is InChI=1S/C17H22N4O3/c1-10-6-4-5-7-13(10)19-15(22)11-8-12-14(18-9-11)20(2)17(24)21(3)16(12)23/h8-10,13H,4-7H2,1-3H3,(H,19,22). The number of carbonyl (C=O) groups is 1. The molecule has 3 rings (SSSR count). The van der Waals surface area contributed by atoms with Gasteiger partial charge in [0.1, 0.15) is 5.65 Å². The lowest BCUT2D eigenvalue weighted by Gasteiger charge is -2.29. The van der Waals surface area contributed by atoms with Gasteiger partial charge in [-0.3, -0.25) is 18.7 Å². The molecule has 0 bridgehead atoms. The Morgan fingerprint density at radius 2 is 1.92 bits per heavy atom. The van der Waals surface area contributed by atoms with Crippen LogP contribution in [0.25, 0.3) is 11.0 Å². The van der Waals surface area contributed by atoms with E-state index in [9.17, 15) is 14.4 Å². The molecule has 0 aliphatic heterocycles. The summed E-state index contributed by atoms with van der Waals surface area (Å²) in [6, 6.07) is 1.68. The van der Waals surface area contributed by atoms with Crippen molar-refractivity contribution in [3.05, 3.63) is 38.7 Å². The normalized spacial score (nSPS) is 21.0. The first-order valence-corrected chi connectivity index (χ1v) is 8.26. The first kappa shape index (κ1) is 16.4. The predicted octanol–water partition coefficient (Wildman–Crippen LogP) is 0.941. The summed E-state index contributed by atoms with van der Waals surface area (Å²) in [6.45, 7) is 2.15. The number of rotatable bonds is 2. The smallest absolute Gasteiger partial charge is 0.332 e. The molecule has 0 aromatic carbocycles. The van der Waals surface area contributed by atoms with Crippen molar-refractivity contribution in [2.75, 3.05) is 0 Å². The van der Waals surface area contributed by atoms with E-state index >= 15 is 0 Å². The number of nitrogens with one attached hydrogen (secondary N) is 1. The number of aromatic nitrogens is 3. The van der Waals surface area contributed by atoms with Gasteiger partial charge in [0.15, 0.2) is 0 Å². The highest BCUT2D eigenvalue weighted by Crippen LogP contribution is 2.24. The number of nitrogens with zero attached hydrogens (tertiary/aromatic N) is 3. The first-order valence-electron chi connectivity index (χ1n) is 8.26. The van der Waals surface area contributed by atoms with Crippen LogP contribution >= 0.6 is 0 Å². The fraction of sp³-hybridized carbons (Fsp3) is 0.529. The molecule has 2 aromatic rings. The predicted molar refractivity (Wildman–Crippen MR) is 91.1 cm³/mol. The number of pyridine rings is 1. The maximum atomic E-state index is 12.5. The Labute approximate surface area is 139 Å². The van der Waals surface area contributed by atoms with Gasteiger partial charge in [-0.15, -0.1) is 0 Å². The second-order valence-electron chi connectivity index (χ2n) is 6.64. The van der Waals surface area contributed by atoms with Gasteiger partial charge in [-0.25, -0.2) is 9.78 Å². The van der Waals surface area contributed by atoms with E-state index in [0.29, 0.717) is 11.5 Å². The number of hydrogen-bond acceptors (Lipinski definition) is 4. The Morgan fingerprint density at radius 1 is 1.21 bits per heavy atom. The summed E-state index contributed by atoms with van der Waals surface area (Å²) in [6.07, 6.45) is 5.83. The second-order valence-corrected chi connectivity index (χ2v) is 6.64. The van der Waals surface area contributed by atoms with Gasteiger partial charge in [0.05, 0.1) is 10.9 Å². The van der Waals surface area contributed by atoms with E-state index in [1.165, 1.54) is 30.3 Å². The SMILES string of the molecule is CC1CCCCC1NC(=O)c1cnc2c(c1)c(=O)n(C)c(=O)n2C. The Hall–Kier alpha value is -2.44. The zero-order chi connectivity index (χ0) is 17.4. The van der Waals surface area contributed by atoms with Crippen molar-refractivity contribution in [1.29, 1.82) is 0 Å². The number of hydrogen-bond donors (Lipinski definition) is 1. The summed E-state index contributed by atoms with van der Waals surface area (Å²) in [5.41, 5.74) is -0.253. The van der Waals surface area contributed by atoms with Gasteiger partial charge in [-0.2, -0.15) is 0 Å². The molecule has 1 saturated carbocycles.